The minimum atomic E-state index is -0.314. The van der Waals surface area contributed by atoms with Crippen LogP contribution in [0.15, 0.2) is 18.2 Å². The number of benzene rings is 1. The minimum absolute atomic E-state index is 0.300. The average molecular weight is 234 g/mol. The molecule has 1 unspecified atom stereocenters. The number of hydrogen-bond acceptors (Lipinski definition) is 4. The van der Waals surface area contributed by atoms with E-state index in [1.807, 2.05) is 18.2 Å². The highest BCUT2D eigenvalue weighted by molar-refractivity contribution is 5.43. The summed E-state index contributed by atoms with van der Waals surface area (Å²) in [6.45, 7) is 2.39. The zero-order chi connectivity index (χ0) is 12.7. The van der Waals surface area contributed by atoms with Gasteiger partial charge in [0.15, 0.2) is 11.5 Å². The first-order chi connectivity index (χ1) is 8.24. The highest BCUT2D eigenvalue weighted by Gasteiger charge is 2.09. The van der Waals surface area contributed by atoms with Crippen molar-refractivity contribution in [1.82, 2.24) is 5.32 Å². The van der Waals surface area contributed by atoms with Crippen molar-refractivity contribution in [2.45, 2.75) is 19.4 Å². The van der Waals surface area contributed by atoms with Crippen LogP contribution in [0.5, 0.6) is 11.5 Å². The SMILES string of the molecule is CCc1ccc(OCC(C#N)NC)c(OC)c1. The summed E-state index contributed by atoms with van der Waals surface area (Å²) in [5.41, 5.74) is 1.19. The van der Waals surface area contributed by atoms with Crippen molar-refractivity contribution in [2.24, 2.45) is 0 Å². The van der Waals surface area contributed by atoms with Crippen LogP contribution in [-0.2, 0) is 6.42 Å². The van der Waals surface area contributed by atoms with E-state index in [4.69, 9.17) is 14.7 Å². The Bertz CT molecular complexity index is 399. The van der Waals surface area contributed by atoms with Crippen molar-refractivity contribution in [1.29, 1.82) is 5.26 Å². The monoisotopic (exact) mass is 234 g/mol. The number of methoxy groups -OCH3 is 1. The van der Waals surface area contributed by atoms with Gasteiger partial charge in [0.2, 0.25) is 0 Å². The maximum atomic E-state index is 8.79. The van der Waals surface area contributed by atoms with Crippen molar-refractivity contribution >= 4 is 0 Å². The lowest BCUT2D eigenvalue weighted by molar-refractivity contribution is 0.277. The van der Waals surface area contributed by atoms with E-state index in [2.05, 4.69) is 18.3 Å². The topological polar surface area (TPSA) is 54.3 Å². The molecule has 0 heterocycles. The van der Waals surface area contributed by atoms with Gasteiger partial charge in [-0.3, -0.25) is 0 Å². The lowest BCUT2D eigenvalue weighted by Gasteiger charge is -2.13. The van der Waals surface area contributed by atoms with Crippen LogP contribution in [0.1, 0.15) is 12.5 Å². The second-order valence-electron chi connectivity index (χ2n) is 3.62. The van der Waals surface area contributed by atoms with Gasteiger partial charge in [-0.2, -0.15) is 5.26 Å². The van der Waals surface area contributed by atoms with Gasteiger partial charge in [0, 0.05) is 0 Å². The van der Waals surface area contributed by atoms with E-state index in [0.717, 1.165) is 6.42 Å². The predicted molar refractivity (Wildman–Crippen MR) is 66.3 cm³/mol. The summed E-state index contributed by atoms with van der Waals surface area (Å²) >= 11 is 0. The predicted octanol–water partition coefficient (Wildman–Crippen LogP) is 1.75. The highest BCUT2D eigenvalue weighted by Crippen LogP contribution is 2.28. The molecule has 1 aromatic rings. The lowest BCUT2D eigenvalue weighted by atomic mass is 10.1. The normalized spacial score (nSPS) is 11.6. The van der Waals surface area contributed by atoms with Gasteiger partial charge in [-0.1, -0.05) is 13.0 Å². The molecule has 0 aromatic heterocycles. The van der Waals surface area contributed by atoms with Gasteiger partial charge in [-0.05, 0) is 31.2 Å². The fourth-order valence-corrected chi connectivity index (χ4v) is 1.41. The number of aryl methyl sites for hydroxylation is 1. The molecule has 0 bridgehead atoms. The number of hydrogen-bond donors (Lipinski definition) is 1. The molecule has 1 atom stereocenters. The van der Waals surface area contributed by atoms with Gasteiger partial charge in [0.25, 0.3) is 0 Å². The van der Waals surface area contributed by atoms with Crippen LogP contribution < -0.4 is 14.8 Å². The molecule has 0 saturated carbocycles. The molecule has 0 aliphatic heterocycles. The Morgan fingerprint density at radius 1 is 1.41 bits per heavy atom. The Kier molecular flexibility index (Phi) is 5.31. The second-order valence-corrected chi connectivity index (χ2v) is 3.62. The summed E-state index contributed by atoms with van der Waals surface area (Å²) in [4.78, 5) is 0. The van der Waals surface area contributed by atoms with E-state index in [0.29, 0.717) is 18.1 Å². The van der Waals surface area contributed by atoms with Gasteiger partial charge >= 0.3 is 0 Å². The Morgan fingerprint density at radius 3 is 2.71 bits per heavy atom. The van der Waals surface area contributed by atoms with Crippen molar-refractivity contribution in [3.05, 3.63) is 23.8 Å². The quantitative estimate of drug-likeness (QED) is 0.814. The maximum Gasteiger partial charge on any atom is 0.161 e. The van der Waals surface area contributed by atoms with E-state index in [1.54, 1.807) is 14.2 Å². The molecule has 17 heavy (non-hydrogen) atoms. The first-order valence-corrected chi connectivity index (χ1v) is 5.61. The van der Waals surface area contributed by atoms with Crippen LogP contribution in [0, 0.1) is 11.3 Å². The summed E-state index contributed by atoms with van der Waals surface area (Å²) in [6.07, 6.45) is 0.952. The molecule has 0 spiro atoms. The van der Waals surface area contributed by atoms with Crippen molar-refractivity contribution < 1.29 is 9.47 Å². The number of ether oxygens (including phenoxy) is 2. The number of rotatable bonds is 6. The molecular formula is C13H18N2O2. The summed E-state index contributed by atoms with van der Waals surface area (Å²) in [7, 11) is 3.34. The summed E-state index contributed by atoms with van der Waals surface area (Å²) in [5, 5.41) is 11.6. The van der Waals surface area contributed by atoms with Crippen molar-refractivity contribution in [2.75, 3.05) is 20.8 Å². The van der Waals surface area contributed by atoms with E-state index < -0.39 is 0 Å². The van der Waals surface area contributed by atoms with Crippen LogP contribution in [0.2, 0.25) is 0 Å². The highest BCUT2D eigenvalue weighted by atomic mass is 16.5. The van der Waals surface area contributed by atoms with Gasteiger partial charge < -0.3 is 14.8 Å². The van der Waals surface area contributed by atoms with Gasteiger partial charge in [-0.15, -0.1) is 0 Å². The van der Waals surface area contributed by atoms with Gasteiger partial charge in [0.1, 0.15) is 12.6 Å². The second kappa shape index (κ2) is 6.77. The Morgan fingerprint density at radius 2 is 2.18 bits per heavy atom. The van der Waals surface area contributed by atoms with E-state index in [-0.39, 0.29) is 6.04 Å². The molecule has 4 heteroatoms. The zero-order valence-corrected chi connectivity index (χ0v) is 10.5. The first-order valence-electron chi connectivity index (χ1n) is 5.61. The van der Waals surface area contributed by atoms with Crippen LogP contribution in [0.25, 0.3) is 0 Å². The van der Waals surface area contributed by atoms with Gasteiger partial charge in [-0.25, -0.2) is 0 Å². The Balaban J connectivity index is 2.74. The molecule has 1 N–H and O–H groups in total. The molecule has 0 aliphatic carbocycles. The summed E-state index contributed by atoms with van der Waals surface area (Å²) < 4.78 is 10.8. The standard InChI is InChI=1S/C13H18N2O2/c1-4-10-5-6-12(13(7-10)16-3)17-9-11(8-14)15-2/h5-7,11,15H,4,9H2,1-3H3. The number of likely N-dealkylation sites (N-methyl/N-ethyl adjacent to an activating group) is 1. The van der Waals surface area contributed by atoms with E-state index >= 15 is 0 Å². The summed E-state index contributed by atoms with van der Waals surface area (Å²) in [5.74, 6) is 1.37. The fourth-order valence-electron chi connectivity index (χ4n) is 1.41. The molecular weight excluding hydrogens is 216 g/mol. The Hall–Kier alpha value is -1.73. The van der Waals surface area contributed by atoms with E-state index in [9.17, 15) is 0 Å². The third-order valence-electron chi connectivity index (χ3n) is 2.55. The van der Waals surface area contributed by atoms with Crippen molar-refractivity contribution in [3.8, 4) is 17.6 Å². The van der Waals surface area contributed by atoms with Crippen LogP contribution in [-0.4, -0.2) is 26.8 Å². The zero-order valence-electron chi connectivity index (χ0n) is 10.5. The first kappa shape index (κ1) is 13.3. The number of nitriles is 1. The molecule has 4 nitrogen and oxygen atoms in total. The lowest BCUT2D eigenvalue weighted by Crippen LogP contribution is -2.29. The smallest absolute Gasteiger partial charge is 0.161 e. The molecule has 92 valence electrons. The molecule has 0 radical (unpaired) electrons. The largest absolute Gasteiger partial charge is 0.493 e. The molecule has 1 aromatic carbocycles. The van der Waals surface area contributed by atoms with Crippen molar-refractivity contribution in [3.63, 3.8) is 0 Å². The van der Waals surface area contributed by atoms with Crippen LogP contribution >= 0.6 is 0 Å². The maximum absolute atomic E-state index is 8.79. The third-order valence-corrected chi connectivity index (χ3v) is 2.55. The van der Waals surface area contributed by atoms with Crippen LogP contribution in [0.3, 0.4) is 0 Å². The molecule has 0 aliphatic rings. The molecule has 0 fully saturated rings. The molecule has 0 saturated heterocycles. The molecule has 0 amide bonds. The van der Waals surface area contributed by atoms with Gasteiger partial charge in [0.05, 0.1) is 13.2 Å². The molecule has 1 rings (SSSR count). The van der Waals surface area contributed by atoms with E-state index in [1.165, 1.54) is 5.56 Å². The number of nitrogens with one attached hydrogen (secondary N) is 1. The Labute approximate surface area is 102 Å². The average Bonchev–Trinajstić information content (AvgIpc) is 2.39. The third kappa shape index (κ3) is 3.65. The fraction of sp³-hybridized carbons (Fsp3) is 0.462. The summed E-state index contributed by atoms with van der Waals surface area (Å²) in [6, 6.07) is 7.62. The number of nitrogens with zero attached hydrogens (tertiary/aromatic N) is 1. The van der Waals surface area contributed by atoms with Crippen LogP contribution in [0.4, 0.5) is 0 Å². The minimum Gasteiger partial charge on any atom is -0.493 e.